The first-order chi connectivity index (χ1) is 34.6. The fourth-order valence-electron chi connectivity index (χ4n) is 16.4. The lowest BCUT2D eigenvalue weighted by Gasteiger charge is -2.71. The number of hydrogen-bond acceptors (Lipinski definition) is 7. The van der Waals surface area contributed by atoms with Crippen molar-refractivity contribution in [2.75, 3.05) is 6.61 Å². The summed E-state index contributed by atoms with van der Waals surface area (Å²) >= 11 is 0. The minimum atomic E-state index is -0.924. The van der Waals surface area contributed by atoms with E-state index < -0.39 is 29.8 Å². The molecule has 5 fully saturated rings. The molecule has 7 unspecified atom stereocenters. The number of rotatable bonds is 15. The van der Waals surface area contributed by atoms with Crippen LogP contribution in [0.25, 0.3) is 0 Å². The Labute approximate surface area is 431 Å². The highest BCUT2D eigenvalue weighted by Gasteiger charge is 2.69. The lowest BCUT2D eigenvalue weighted by molar-refractivity contribution is -0.267. The third-order valence-corrected chi connectivity index (χ3v) is 20.7. The number of benzene rings is 4. The fraction of sp³-hybridized carbons (Fsp3) is 0.585. The molecule has 6 aliphatic rings. The molecule has 0 aromatic heterocycles. The number of hydrogen-bond donors (Lipinski definition) is 1. The predicted molar refractivity (Wildman–Crippen MR) is 284 cm³/mol. The van der Waals surface area contributed by atoms with Gasteiger partial charge in [-0.1, -0.05) is 181 Å². The number of carbonyl (C=O) groups excluding carboxylic acids is 1. The molecule has 7 nitrogen and oxygen atoms in total. The Morgan fingerprint density at radius 1 is 0.611 bits per heavy atom. The number of esters is 1. The molecule has 10 rings (SSSR count). The monoisotopic (exact) mass is 977 g/mol. The standard InChI is InChI=1S/C65H84O7/c1-60(2)34-36-65(59(67)71-43-48-26-18-11-19-27-48)37-35-63(6)50(51(65)39-60)28-29-55-62(5)32-30-49(61(3,4)54(62)31-33-64(55,63)7)38-52-57(69-41-46-22-14-9-15-23-46)56(66)58(70-42-47-24-16-10-17-25-47)53(72-52)44-68-40-45-20-12-8-13-21-45/h8-28,49,51-58,66H,29-44H2,1-7H3/t49?,51?,52-,53?,54?,55?,56?,57?,58+,62-,63+,64+,65-/m0/s1. The van der Waals surface area contributed by atoms with Gasteiger partial charge in [0.05, 0.1) is 37.9 Å². The zero-order valence-corrected chi connectivity index (χ0v) is 44.5. The maximum atomic E-state index is 14.6. The quantitative estimate of drug-likeness (QED) is 0.0938. The van der Waals surface area contributed by atoms with E-state index in [0.717, 1.165) is 80.0 Å². The van der Waals surface area contributed by atoms with Crippen LogP contribution in [0.5, 0.6) is 0 Å². The van der Waals surface area contributed by atoms with E-state index >= 15 is 0 Å². The van der Waals surface area contributed by atoms with E-state index in [9.17, 15) is 9.90 Å². The Balaban J connectivity index is 0.903. The summed E-state index contributed by atoms with van der Waals surface area (Å²) in [5.41, 5.74) is 5.83. The second kappa shape index (κ2) is 20.5. The summed E-state index contributed by atoms with van der Waals surface area (Å²) in [5.74, 6) is 1.66. The molecule has 4 aromatic carbocycles. The van der Waals surface area contributed by atoms with E-state index in [1.54, 1.807) is 5.57 Å². The molecule has 0 amide bonds. The van der Waals surface area contributed by atoms with Gasteiger partial charge in [-0.2, -0.15) is 0 Å². The summed E-state index contributed by atoms with van der Waals surface area (Å²) < 4.78 is 33.5. The molecule has 0 spiro atoms. The summed E-state index contributed by atoms with van der Waals surface area (Å²) in [5, 5.41) is 12.6. The van der Waals surface area contributed by atoms with Crippen molar-refractivity contribution in [2.24, 2.45) is 56.2 Å². The van der Waals surface area contributed by atoms with Gasteiger partial charge in [0.2, 0.25) is 0 Å². The van der Waals surface area contributed by atoms with E-state index in [2.05, 4.69) is 103 Å². The van der Waals surface area contributed by atoms with Crippen molar-refractivity contribution in [3.63, 3.8) is 0 Å². The van der Waals surface area contributed by atoms with Crippen LogP contribution < -0.4 is 0 Å². The van der Waals surface area contributed by atoms with Crippen LogP contribution in [-0.2, 0) is 54.9 Å². The van der Waals surface area contributed by atoms with Crippen LogP contribution >= 0.6 is 0 Å². The highest BCUT2D eigenvalue weighted by atomic mass is 16.6. The molecule has 4 aromatic rings. The van der Waals surface area contributed by atoms with E-state index in [0.29, 0.717) is 50.8 Å². The van der Waals surface area contributed by atoms with Gasteiger partial charge in [0.15, 0.2) is 0 Å². The molecule has 0 radical (unpaired) electrons. The van der Waals surface area contributed by atoms with E-state index in [-0.39, 0.29) is 45.1 Å². The van der Waals surface area contributed by atoms with Crippen molar-refractivity contribution in [1.29, 1.82) is 0 Å². The van der Waals surface area contributed by atoms with Crippen LogP contribution in [0.1, 0.15) is 141 Å². The minimum absolute atomic E-state index is 0.00903. The first-order valence-corrected chi connectivity index (χ1v) is 27.7. The maximum Gasteiger partial charge on any atom is 0.313 e. The van der Waals surface area contributed by atoms with Gasteiger partial charge < -0.3 is 28.8 Å². The van der Waals surface area contributed by atoms with Crippen molar-refractivity contribution >= 4 is 5.97 Å². The summed E-state index contributed by atoms with van der Waals surface area (Å²) in [6.45, 7) is 19.7. The zero-order valence-electron chi connectivity index (χ0n) is 44.5. The Morgan fingerprint density at radius 2 is 1.15 bits per heavy atom. The molecule has 1 aliphatic heterocycles. The molecule has 13 atom stereocenters. The van der Waals surface area contributed by atoms with Crippen molar-refractivity contribution in [3.05, 3.63) is 155 Å². The van der Waals surface area contributed by atoms with Gasteiger partial charge in [0.25, 0.3) is 0 Å². The van der Waals surface area contributed by atoms with Crippen LogP contribution in [0.15, 0.2) is 133 Å². The predicted octanol–water partition coefficient (Wildman–Crippen LogP) is 14.1. The molecule has 4 saturated carbocycles. The van der Waals surface area contributed by atoms with Crippen LogP contribution in [0.3, 0.4) is 0 Å². The third kappa shape index (κ3) is 9.61. The van der Waals surface area contributed by atoms with Crippen molar-refractivity contribution in [2.45, 2.75) is 176 Å². The number of aliphatic hydroxyl groups excluding tert-OH is 1. The van der Waals surface area contributed by atoms with Crippen LogP contribution in [-0.4, -0.2) is 48.2 Å². The van der Waals surface area contributed by atoms with E-state index in [4.69, 9.17) is 23.7 Å². The summed E-state index contributed by atoms with van der Waals surface area (Å²) in [4.78, 5) is 14.6. The number of carbonyl (C=O) groups is 1. The molecule has 5 aliphatic carbocycles. The molecule has 1 N–H and O–H groups in total. The number of aliphatic hydroxyl groups is 1. The topological polar surface area (TPSA) is 83.5 Å². The Hall–Kier alpha value is -4.11. The highest BCUT2D eigenvalue weighted by molar-refractivity contribution is 5.79. The smallest absolute Gasteiger partial charge is 0.313 e. The number of allylic oxidation sites excluding steroid dienone is 2. The summed E-state index contributed by atoms with van der Waals surface area (Å²) in [6.07, 6.45) is 11.1. The van der Waals surface area contributed by atoms with Crippen LogP contribution in [0.2, 0.25) is 0 Å². The van der Waals surface area contributed by atoms with Crippen LogP contribution in [0.4, 0.5) is 0 Å². The molecule has 72 heavy (non-hydrogen) atoms. The number of fused-ring (bicyclic) bond motifs is 7. The van der Waals surface area contributed by atoms with Crippen molar-refractivity contribution in [3.8, 4) is 0 Å². The Kier molecular flexibility index (Phi) is 14.7. The molecule has 7 heteroatoms. The van der Waals surface area contributed by atoms with Gasteiger partial charge >= 0.3 is 5.97 Å². The minimum Gasteiger partial charge on any atom is -0.460 e. The van der Waals surface area contributed by atoms with E-state index in [1.807, 2.05) is 72.8 Å². The maximum absolute atomic E-state index is 14.6. The van der Waals surface area contributed by atoms with Gasteiger partial charge in [0, 0.05) is 0 Å². The molecular weight excluding hydrogens is 893 g/mol. The lowest BCUT2D eigenvalue weighted by atomic mass is 9.33. The zero-order chi connectivity index (χ0) is 50.4. The first-order valence-electron chi connectivity index (χ1n) is 27.7. The normalized spacial score (nSPS) is 36.7. The SMILES string of the molecule is CC1(C)CC[C@]2(C(=O)OCc3ccccc3)CC[C@]3(C)C(=CCC4[C@@]5(C)CCC(C[C@@H]6OC(COCc7ccccc7)[C@@H](OCc7ccccc7)C(O)C6OCc6ccccc6)C(C)(C)C5CC[C@]43C)C2C1. The first kappa shape index (κ1) is 51.4. The van der Waals surface area contributed by atoms with Gasteiger partial charge in [-0.3, -0.25) is 4.79 Å². The van der Waals surface area contributed by atoms with Gasteiger partial charge in [-0.25, -0.2) is 0 Å². The van der Waals surface area contributed by atoms with Crippen LogP contribution in [0, 0.1) is 56.2 Å². The molecule has 386 valence electrons. The second-order valence-electron chi connectivity index (χ2n) is 25.5. The fourth-order valence-corrected chi connectivity index (χ4v) is 16.4. The Bertz CT molecular complexity index is 2470. The number of ether oxygens (including phenoxy) is 5. The average Bonchev–Trinajstić information content (AvgIpc) is 3.37. The van der Waals surface area contributed by atoms with E-state index in [1.165, 1.54) is 12.8 Å². The Morgan fingerprint density at radius 3 is 1.75 bits per heavy atom. The molecular formula is C65H84O7. The molecule has 0 bridgehead atoms. The lowest BCUT2D eigenvalue weighted by Crippen LogP contribution is -2.65. The van der Waals surface area contributed by atoms with Gasteiger partial charge in [0.1, 0.15) is 31.0 Å². The summed E-state index contributed by atoms with van der Waals surface area (Å²) in [6, 6.07) is 40.9. The van der Waals surface area contributed by atoms with Crippen molar-refractivity contribution < 1.29 is 33.6 Å². The average molecular weight is 977 g/mol. The largest absolute Gasteiger partial charge is 0.460 e. The second-order valence-corrected chi connectivity index (χ2v) is 25.5. The van der Waals surface area contributed by atoms with Crippen molar-refractivity contribution in [1.82, 2.24) is 0 Å². The third-order valence-electron chi connectivity index (χ3n) is 20.7. The summed E-state index contributed by atoms with van der Waals surface area (Å²) in [7, 11) is 0. The molecule has 1 saturated heterocycles. The highest BCUT2D eigenvalue weighted by Crippen LogP contribution is 2.76. The molecule has 1 heterocycles. The van der Waals surface area contributed by atoms with Gasteiger partial charge in [-0.05, 0) is 144 Å². The van der Waals surface area contributed by atoms with Gasteiger partial charge in [-0.15, -0.1) is 0 Å².